The lowest BCUT2D eigenvalue weighted by molar-refractivity contribution is -0.384. The van der Waals surface area contributed by atoms with E-state index in [0.717, 1.165) is 11.6 Å². The number of hydrogen-bond donors (Lipinski definition) is 2. The summed E-state index contributed by atoms with van der Waals surface area (Å²) in [4.78, 5) is 34.2. The number of carbonyl (C=O) groups is 2. The Balaban J connectivity index is 1.83. The molecule has 0 heterocycles. The van der Waals surface area contributed by atoms with Crippen molar-refractivity contribution in [2.45, 2.75) is 17.9 Å². The highest BCUT2D eigenvalue weighted by Crippen LogP contribution is 2.51. The SMILES string of the molecule is O=C(NC1(C(=O)O)CC1c1ccccc1)c1cccc([N+](=O)[O-])c1. The number of benzene rings is 2. The Bertz CT molecular complexity index is 821. The van der Waals surface area contributed by atoms with Crippen LogP contribution in [0.25, 0.3) is 0 Å². The standard InChI is InChI=1S/C17H14N2O5/c20-15(12-7-4-8-13(9-12)19(23)24)18-17(16(21)22)10-14(17)11-5-2-1-3-6-11/h1-9,14H,10H2,(H,18,20)(H,21,22). The zero-order valence-corrected chi connectivity index (χ0v) is 12.5. The number of non-ortho nitro benzene ring substituents is 1. The van der Waals surface area contributed by atoms with Gasteiger partial charge in [0, 0.05) is 23.6 Å². The molecule has 2 aromatic rings. The van der Waals surface area contributed by atoms with Gasteiger partial charge in [0.05, 0.1) is 4.92 Å². The predicted octanol–water partition coefficient (Wildman–Crippen LogP) is 2.34. The summed E-state index contributed by atoms with van der Waals surface area (Å²) in [7, 11) is 0. The van der Waals surface area contributed by atoms with Crippen molar-refractivity contribution in [3.8, 4) is 0 Å². The van der Waals surface area contributed by atoms with Gasteiger partial charge < -0.3 is 10.4 Å². The third-order valence-electron chi connectivity index (χ3n) is 4.20. The summed E-state index contributed by atoms with van der Waals surface area (Å²) in [5, 5.41) is 22.9. The van der Waals surface area contributed by atoms with Gasteiger partial charge >= 0.3 is 5.97 Å². The molecule has 1 fully saturated rings. The maximum Gasteiger partial charge on any atom is 0.330 e. The van der Waals surface area contributed by atoms with Crippen molar-refractivity contribution >= 4 is 17.6 Å². The van der Waals surface area contributed by atoms with Crippen LogP contribution in [0.4, 0.5) is 5.69 Å². The molecule has 122 valence electrons. The Kier molecular flexibility index (Phi) is 3.76. The summed E-state index contributed by atoms with van der Waals surface area (Å²) in [6.45, 7) is 0. The second-order valence-corrected chi connectivity index (χ2v) is 5.71. The van der Waals surface area contributed by atoms with Gasteiger partial charge in [-0.2, -0.15) is 0 Å². The van der Waals surface area contributed by atoms with Crippen LogP contribution < -0.4 is 5.32 Å². The summed E-state index contributed by atoms with van der Waals surface area (Å²) in [6.07, 6.45) is 0.285. The van der Waals surface area contributed by atoms with Crippen LogP contribution in [0.1, 0.15) is 28.3 Å². The third-order valence-corrected chi connectivity index (χ3v) is 4.20. The highest BCUT2D eigenvalue weighted by molar-refractivity contribution is 6.00. The molecule has 2 atom stereocenters. The fourth-order valence-corrected chi connectivity index (χ4v) is 2.81. The molecule has 3 rings (SSSR count). The van der Waals surface area contributed by atoms with E-state index in [1.54, 1.807) is 0 Å². The quantitative estimate of drug-likeness (QED) is 0.647. The van der Waals surface area contributed by atoms with Crippen LogP contribution in [-0.4, -0.2) is 27.4 Å². The van der Waals surface area contributed by atoms with E-state index < -0.39 is 22.3 Å². The minimum Gasteiger partial charge on any atom is -0.479 e. The molecular formula is C17H14N2O5. The Morgan fingerprint density at radius 3 is 2.50 bits per heavy atom. The van der Waals surface area contributed by atoms with Crippen molar-refractivity contribution in [3.63, 3.8) is 0 Å². The first-order chi connectivity index (χ1) is 11.4. The predicted molar refractivity (Wildman–Crippen MR) is 84.7 cm³/mol. The fourth-order valence-electron chi connectivity index (χ4n) is 2.81. The van der Waals surface area contributed by atoms with Crippen LogP contribution in [0.2, 0.25) is 0 Å². The molecule has 0 bridgehead atoms. The van der Waals surface area contributed by atoms with Gasteiger partial charge in [0.15, 0.2) is 0 Å². The molecule has 1 aliphatic rings. The van der Waals surface area contributed by atoms with Crippen LogP contribution in [0.5, 0.6) is 0 Å². The number of nitro groups is 1. The Labute approximate surface area is 137 Å². The lowest BCUT2D eigenvalue weighted by Gasteiger charge is -2.15. The molecule has 2 aromatic carbocycles. The summed E-state index contributed by atoms with van der Waals surface area (Å²) < 4.78 is 0. The number of carboxylic acids is 1. The van der Waals surface area contributed by atoms with Crippen LogP contribution in [-0.2, 0) is 4.79 Å². The normalized spacial score (nSPS) is 21.8. The van der Waals surface area contributed by atoms with Gasteiger partial charge in [0.25, 0.3) is 11.6 Å². The number of rotatable bonds is 5. The van der Waals surface area contributed by atoms with Crippen molar-refractivity contribution in [1.29, 1.82) is 0 Å². The molecule has 2 N–H and O–H groups in total. The second-order valence-electron chi connectivity index (χ2n) is 5.71. The van der Waals surface area contributed by atoms with Gasteiger partial charge in [0.1, 0.15) is 5.54 Å². The smallest absolute Gasteiger partial charge is 0.330 e. The molecule has 0 radical (unpaired) electrons. The van der Waals surface area contributed by atoms with Crippen molar-refractivity contribution in [2.75, 3.05) is 0 Å². The Morgan fingerprint density at radius 2 is 1.88 bits per heavy atom. The summed E-state index contributed by atoms with van der Waals surface area (Å²) in [5.74, 6) is -2.08. The molecule has 2 unspecified atom stereocenters. The third kappa shape index (κ3) is 2.71. The number of hydrogen-bond acceptors (Lipinski definition) is 4. The number of amides is 1. The molecule has 1 amide bonds. The molecule has 24 heavy (non-hydrogen) atoms. The minimum atomic E-state index is -1.37. The van der Waals surface area contributed by atoms with Crippen molar-refractivity contribution in [3.05, 3.63) is 75.8 Å². The van der Waals surface area contributed by atoms with Crippen molar-refractivity contribution in [1.82, 2.24) is 5.32 Å². The van der Waals surface area contributed by atoms with E-state index >= 15 is 0 Å². The van der Waals surface area contributed by atoms with Gasteiger partial charge in [-0.1, -0.05) is 36.4 Å². The van der Waals surface area contributed by atoms with Crippen LogP contribution >= 0.6 is 0 Å². The molecule has 7 nitrogen and oxygen atoms in total. The van der Waals surface area contributed by atoms with E-state index in [1.165, 1.54) is 18.2 Å². The molecule has 0 aliphatic heterocycles. The van der Waals surface area contributed by atoms with Crippen LogP contribution in [0.15, 0.2) is 54.6 Å². The molecular weight excluding hydrogens is 312 g/mol. The molecule has 7 heteroatoms. The summed E-state index contributed by atoms with van der Waals surface area (Å²) in [5.41, 5.74) is -0.700. The van der Waals surface area contributed by atoms with E-state index in [9.17, 15) is 24.8 Å². The fraction of sp³-hybridized carbons (Fsp3) is 0.176. The first-order valence-electron chi connectivity index (χ1n) is 7.29. The van der Waals surface area contributed by atoms with E-state index in [-0.39, 0.29) is 23.6 Å². The van der Waals surface area contributed by atoms with E-state index in [4.69, 9.17) is 0 Å². The highest BCUT2D eigenvalue weighted by atomic mass is 16.6. The molecule has 0 aromatic heterocycles. The van der Waals surface area contributed by atoms with Gasteiger partial charge in [0.2, 0.25) is 0 Å². The van der Waals surface area contributed by atoms with Crippen molar-refractivity contribution < 1.29 is 19.6 Å². The monoisotopic (exact) mass is 326 g/mol. The zero-order chi connectivity index (χ0) is 17.3. The lowest BCUT2D eigenvalue weighted by atomic mass is 10.1. The maximum absolute atomic E-state index is 12.4. The highest BCUT2D eigenvalue weighted by Gasteiger charge is 2.62. The maximum atomic E-state index is 12.4. The number of aliphatic carboxylic acids is 1. The van der Waals surface area contributed by atoms with Crippen molar-refractivity contribution in [2.24, 2.45) is 0 Å². The van der Waals surface area contributed by atoms with Crippen LogP contribution in [0.3, 0.4) is 0 Å². The topological polar surface area (TPSA) is 110 Å². The zero-order valence-electron chi connectivity index (χ0n) is 12.5. The number of carboxylic acid groups (broad SMARTS) is 1. The largest absolute Gasteiger partial charge is 0.479 e. The van der Waals surface area contributed by atoms with Gasteiger partial charge in [-0.3, -0.25) is 14.9 Å². The van der Waals surface area contributed by atoms with E-state index in [0.29, 0.717) is 0 Å². The first kappa shape index (κ1) is 15.7. The minimum absolute atomic E-state index is 0.0588. The molecule has 1 aliphatic carbocycles. The number of nitro benzene ring substituents is 1. The van der Waals surface area contributed by atoms with E-state index in [1.807, 2.05) is 30.3 Å². The lowest BCUT2D eigenvalue weighted by Crippen LogP contribution is -2.44. The van der Waals surface area contributed by atoms with E-state index in [2.05, 4.69) is 5.32 Å². The number of nitrogens with zero attached hydrogens (tertiary/aromatic N) is 1. The Hall–Kier alpha value is -3.22. The second kappa shape index (κ2) is 5.77. The van der Waals surface area contributed by atoms with Crippen LogP contribution in [0, 0.1) is 10.1 Å². The average Bonchev–Trinajstić information content (AvgIpc) is 3.31. The molecule has 1 saturated carbocycles. The molecule has 0 spiro atoms. The van der Waals surface area contributed by atoms with Gasteiger partial charge in [-0.25, -0.2) is 4.79 Å². The van der Waals surface area contributed by atoms with Gasteiger partial charge in [-0.15, -0.1) is 0 Å². The number of carbonyl (C=O) groups excluding carboxylic acids is 1. The Morgan fingerprint density at radius 1 is 1.17 bits per heavy atom. The summed E-state index contributed by atoms with van der Waals surface area (Å²) >= 11 is 0. The number of nitrogens with one attached hydrogen (secondary N) is 1. The molecule has 0 saturated heterocycles. The summed E-state index contributed by atoms with van der Waals surface area (Å²) in [6, 6.07) is 14.3. The first-order valence-corrected chi connectivity index (χ1v) is 7.29. The average molecular weight is 326 g/mol. The van der Waals surface area contributed by atoms with Gasteiger partial charge in [-0.05, 0) is 18.1 Å².